The second-order valence-corrected chi connectivity index (χ2v) is 24.7. The lowest BCUT2D eigenvalue weighted by molar-refractivity contribution is -0.363. The minimum atomic E-state index is -1.92. The highest BCUT2D eigenvalue weighted by atomic mass is 16.8. The van der Waals surface area contributed by atoms with Crippen molar-refractivity contribution < 1.29 is 139 Å². The van der Waals surface area contributed by atoms with Crippen molar-refractivity contribution in [2.24, 2.45) is 34.0 Å². The molecule has 4 saturated carbocycles. The first-order chi connectivity index (χ1) is 38.4. The first-order valence-corrected chi connectivity index (χ1v) is 28.3. The molecule has 17 N–H and O–H groups in total. The number of esters is 1. The van der Waals surface area contributed by atoms with E-state index in [-0.39, 0.29) is 23.9 Å². The minimum Gasteiger partial charge on any atom is -0.432 e. The molecule has 4 aliphatic carbocycles. The first-order valence-electron chi connectivity index (χ1n) is 28.3. The summed E-state index contributed by atoms with van der Waals surface area (Å²) in [6.45, 7) is 3.72. The molecule has 9 fully saturated rings. The van der Waals surface area contributed by atoms with Crippen LogP contribution in [-0.2, 0) is 52.2 Å². The standard InChI is InChI=1S/C53H86O28/c1-21-11-52-9-5-30-50(2,7-4-8-51(30,3)49(71)81-48-45(41(68)36(63)27(16-58)78-48)80-47-43(70)40(67)35(62)26(15-57)77-47)31(52)6-10-53(21,20-52)73-19-29-44(79-46-42(69)39(66)34(61)25(14-56)76-46)22(32(59)23(12-54)75-29)17-72-18-28-37(64)38(65)33(60)24(13-55)74-28/h22-48,54-70H,1,4-20H2,2-3H3/t22-,23?,24?,25?,26?,27?,28+,29?,30+,31+,32+,33-,34-,35-,36-,37?,38-,39-,40-,41-,42+,43+,44+,45?,46?,47?,48+,50-,51-,52-,53+/m1/s1. The molecule has 10 unspecified atom stereocenters. The fraction of sp³-hybridized carbons (Fsp3) is 0.943. The van der Waals surface area contributed by atoms with E-state index >= 15 is 0 Å². The maximum atomic E-state index is 14.9. The fourth-order valence-electron chi connectivity index (χ4n) is 15.7. The van der Waals surface area contributed by atoms with Crippen LogP contribution in [0.1, 0.15) is 71.6 Å². The summed E-state index contributed by atoms with van der Waals surface area (Å²) in [4.78, 5) is 14.9. The molecule has 0 aromatic carbocycles. The molecule has 1 spiro atoms. The van der Waals surface area contributed by atoms with Gasteiger partial charge in [0, 0.05) is 5.92 Å². The monoisotopic (exact) mass is 1170 g/mol. The van der Waals surface area contributed by atoms with Crippen LogP contribution >= 0.6 is 0 Å². The Morgan fingerprint density at radius 3 is 1.57 bits per heavy atom. The van der Waals surface area contributed by atoms with E-state index in [0.717, 1.165) is 12.0 Å². The van der Waals surface area contributed by atoms with Gasteiger partial charge in [0.25, 0.3) is 0 Å². The number of hydrogen-bond acceptors (Lipinski definition) is 28. The van der Waals surface area contributed by atoms with Gasteiger partial charge in [-0.15, -0.1) is 0 Å². The van der Waals surface area contributed by atoms with E-state index in [1.54, 1.807) is 0 Å². The quantitative estimate of drug-likeness (QED) is 0.0448. The number of rotatable bonds is 18. The molecular weight excluding hydrogens is 1080 g/mol. The number of fused-ring (bicyclic) bond motifs is 3. The minimum absolute atomic E-state index is 0.0310. The highest BCUT2D eigenvalue weighted by molar-refractivity contribution is 5.77. The van der Waals surface area contributed by atoms with Gasteiger partial charge in [0.2, 0.25) is 6.29 Å². The molecule has 9 rings (SSSR count). The van der Waals surface area contributed by atoms with E-state index in [2.05, 4.69) is 13.5 Å². The van der Waals surface area contributed by atoms with Crippen molar-refractivity contribution in [1.29, 1.82) is 0 Å². The summed E-state index contributed by atoms with van der Waals surface area (Å²) in [6, 6.07) is 0. The molecule has 28 heteroatoms. The highest BCUT2D eigenvalue weighted by Crippen LogP contribution is 2.73. The van der Waals surface area contributed by atoms with Gasteiger partial charge in [-0.1, -0.05) is 19.9 Å². The summed E-state index contributed by atoms with van der Waals surface area (Å²) in [5.74, 6) is -2.10. The Bertz CT molecular complexity index is 2130. The lowest BCUT2D eigenvalue weighted by Gasteiger charge is -2.64. The summed E-state index contributed by atoms with van der Waals surface area (Å²) in [5, 5.41) is 180. The van der Waals surface area contributed by atoms with Gasteiger partial charge in [-0.25, -0.2) is 0 Å². The molecule has 9 aliphatic rings. The molecule has 0 aromatic heterocycles. The number of carbonyl (C=O) groups is 1. The average Bonchev–Trinajstić information content (AvgIpc) is 3.21. The SMILES string of the molecule is C=C1C[C@@]23CC[C@H]4[C@@](C)(CCC[C@@]4(C)C(=O)O[C@@H]4OC(CO)[C@@H](O)[C@@H](O)C4OC4OC(CO)[C@@H](O)[C@@H](O)[C@@H]4O)[C@@H]2CC[C@]1(OCC1OC(CO)[C@@H](O)[C@@H](COC[C@@H]2OC(CO)[C@@H](O)[C@@H](O)C2O)[C@@H]1OC1OC(CO)[C@@H](O)[C@@H](O)[C@@H]1O)C3. The second-order valence-electron chi connectivity index (χ2n) is 24.7. The van der Waals surface area contributed by atoms with Crippen molar-refractivity contribution in [3.63, 3.8) is 0 Å². The van der Waals surface area contributed by atoms with Crippen LogP contribution in [0.3, 0.4) is 0 Å². The predicted molar refractivity (Wildman–Crippen MR) is 266 cm³/mol. The Labute approximate surface area is 467 Å². The fourth-order valence-corrected chi connectivity index (χ4v) is 15.7. The molecule has 81 heavy (non-hydrogen) atoms. The zero-order valence-corrected chi connectivity index (χ0v) is 45.4. The molecule has 31 atom stereocenters. The molecule has 28 nitrogen and oxygen atoms in total. The van der Waals surface area contributed by atoms with Crippen LogP contribution in [0.15, 0.2) is 12.2 Å². The van der Waals surface area contributed by atoms with Crippen LogP contribution in [-0.4, -0.2) is 298 Å². The smallest absolute Gasteiger partial charge is 0.314 e. The van der Waals surface area contributed by atoms with E-state index < -0.39 is 222 Å². The van der Waals surface area contributed by atoms with Gasteiger partial charge in [0.05, 0.1) is 76.1 Å². The molecule has 5 heterocycles. The van der Waals surface area contributed by atoms with E-state index in [4.69, 9.17) is 47.4 Å². The molecular formula is C53H86O28. The first kappa shape index (κ1) is 63.7. The lowest BCUT2D eigenvalue weighted by Crippen LogP contribution is -2.65. The Balaban J connectivity index is 0.919. The maximum absolute atomic E-state index is 14.9. The number of carbonyl (C=O) groups excluding carboxylic acids is 1. The average molecular weight is 1170 g/mol. The maximum Gasteiger partial charge on any atom is 0.314 e. The number of aliphatic hydroxyl groups excluding tert-OH is 17. The largest absolute Gasteiger partial charge is 0.432 e. The molecule has 5 aliphatic heterocycles. The molecule has 0 radical (unpaired) electrons. The van der Waals surface area contributed by atoms with Gasteiger partial charge in [-0.05, 0) is 86.5 Å². The van der Waals surface area contributed by atoms with Gasteiger partial charge in [0.1, 0.15) is 110 Å². The van der Waals surface area contributed by atoms with Gasteiger partial charge >= 0.3 is 5.97 Å². The van der Waals surface area contributed by atoms with Crippen molar-refractivity contribution in [3.05, 3.63) is 12.2 Å². The molecule has 2 bridgehead atoms. The van der Waals surface area contributed by atoms with Gasteiger partial charge in [-0.2, -0.15) is 0 Å². The third-order valence-electron chi connectivity index (χ3n) is 20.2. The Hall–Kier alpha value is -1.83. The number of ether oxygens (including phenoxy) is 10. The molecule has 5 saturated heterocycles. The van der Waals surface area contributed by atoms with Crippen LogP contribution < -0.4 is 0 Å². The van der Waals surface area contributed by atoms with Crippen LogP contribution in [0, 0.1) is 34.0 Å². The molecule has 466 valence electrons. The number of hydrogen-bond donors (Lipinski definition) is 17. The molecule has 0 amide bonds. The van der Waals surface area contributed by atoms with Crippen LogP contribution in [0.2, 0.25) is 0 Å². The predicted octanol–water partition coefficient (Wildman–Crippen LogP) is -6.96. The summed E-state index contributed by atoms with van der Waals surface area (Å²) in [5.41, 5.74) is -2.10. The van der Waals surface area contributed by atoms with E-state index in [1.807, 2.05) is 6.92 Å². The van der Waals surface area contributed by atoms with Crippen molar-refractivity contribution >= 4 is 5.97 Å². The topological polar surface area (TPSA) is 453 Å². The van der Waals surface area contributed by atoms with E-state index in [9.17, 15) is 91.6 Å². The van der Waals surface area contributed by atoms with Gasteiger partial charge < -0.3 is 134 Å². The summed E-state index contributed by atoms with van der Waals surface area (Å²) < 4.78 is 60.3. The summed E-state index contributed by atoms with van der Waals surface area (Å²) >= 11 is 0. The Kier molecular flexibility index (Phi) is 19.7. The van der Waals surface area contributed by atoms with E-state index in [1.165, 1.54) is 0 Å². The highest BCUT2D eigenvalue weighted by Gasteiger charge is 2.69. The van der Waals surface area contributed by atoms with Crippen molar-refractivity contribution in [2.45, 2.75) is 224 Å². The summed E-state index contributed by atoms with van der Waals surface area (Å²) in [6.07, 6.45) is -33.5. The summed E-state index contributed by atoms with van der Waals surface area (Å²) in [7, 11) is 0. The number of aliphatic hydroxyl groups is 17. The van der Waals surface area contributed by atoms with Gasteiger partial charge in [0.15, 0.2) is 18.7 Å². The van der Waals surface area contributed by atoms with Crippen molar-refractivity contribution in [2.75, 3.05) is 52.9 Å². The van der Waals surface area contributed by atoms with Crippen molar-refractivity contribution in [3.8, 4) is 0 Å². The normalized spacial score (nSPS) is 52.9. The van der Waals surface area contributed by atoms with Gasteiger partial charge in [-0.3, -0.25) is 4.79 Å². The third kappa shape index (κ3) is 11.4. The Morgan fingerprint density at radius 2 is 0.988 bits per heavy atom. The van der Waals surface area contributed by atoms with Crippen LogP contribution in [0.5, 0.6) is 0 Å². The lowest BCUT2D eigenvalue weighted by atomic mass is 9.41. The van der Waals surface area contributed by atoms with E-state index in [0.29, 0.717) is 51.4 Å². The zero-order chi connectivity index (χ0) is 58.8. The van der Waals surface area contributed by atoms with Crippen molar-refractivity contribution in [1.82, 2.24) is 0 Å². The van der Waals surface area contributed by atoms with Crippen LogP contribution in [0.25, 0.3) is 0 Å². The van der Waals surface area contributed by atoms with Crippen LogP contribution in [0.4, 0.5) is 0 Å². The second kappa shape index (κ2) is 25.1. The zero-order valence-electron chi connectivity index (χ0n) is 45.4. The molecule has 0 aromatic rings. The third-order valence-corrected chi connectivity index (χ3v) is 20.2. The Morgan fingerprint density at radius 1 is 0.506 bits per heavy atom.